The number of cyclic esters (lactones) is 1. The number of hydrogen-bond acceptors (Lipinski definition) is 3. The fraction of sp³-hybridized carbons (Fsp3) is 0.889. The third-order valence-corrected chi connectivity index (χ3v) is 2.37. The molecular weight excluding hydrogens is 156 g/mol. The van der Waals surface area contributed by atoms with Crippen LogP contribution in [-0.2, 0) is 9.53 Å². The average molecular weight is 172 g/mol. The van der Waals surface area contributed by atoms with Gasteiger partial charge in [-0.2, -0.15) is 0 Å². The normalized spacial score (nSPS) is 35.2. The second-order valence-electron chi connectivity index (χ2n) is 3.38. The number of aliphatic hydroxyl groups is 1. The number of hydrogen-bond donors (Lipinski definition) is 1. The Kier molecular flexibility index (Phi) is 3.09. The summed E-state index contributed by atoms with van der Waals surface area (Å²) >= 11 is 0. The quantitative estimate of drug-likeness (QED) is 0.648. The van der Waals surface area contributed by atoms with Crippen LogP contribution < -0.4 is 0 Å². The molecule has 0 aromatic carbocycles. The number of esters is 1. The first-order chi connectivity index (χ1) is 5.66. The maximum absolute atomic E-state index is 11.1. The lowest BCUT2D eigenvalue weighted by molar-refractivity contribution is -0.143. The minimum absolute atomic E-state index is 0.233. The molecule has 0 bridgehead atoms. The van der Waals surface area contributed by atoms with E-state index in [0.717, 1.165) is 19.3 Å². The molecule has 1 N–H and O–H groups in total. The van der Waals surface area contributed by atoms with Crippen LogP contribution in [-0.4, -0.2) is 23.3 Å². The number of rotatable bonds is 3. The van der Waals surface area contributed by atoms with Crippen LogP contribution >= 0.6 is 0 Å². The van der Waals surface area contributed by atoms with Crippen LogP contribution in [0.2, 0.25) is 0 Å². The van der Waals surface area contributed by atoms with Crippen molar-refractivity contribution in [3.8, 4) is 0 Å². The lowest BCUT2D eigenvalue weighted by atomic mass is 9.96. The van der Waals surface area contributed by atoms with Crippen molar-refractivity contribution in [2.24, 2.45) is 5.92 Å². The van der Waals surface area contributed by atoms with Gasteiger partial charge in [-0.15, -0.1) is 0 Å². The van der Waals surface area contributed by atoms with Gasteiger partial charge in [0.1, 0.15) is 12.2 Å². The van der Waals surface area contributed by atoms with E-state index in [0.29, 0.717) is 0 Å². The van der Waals surface area contributed by atoms with Gasteiger partial charge in [0.15, 0.2) is 0 Å². The highest BCUT2D eigenvalue weighted by atomic mass is 16.6. The number of carbonyl (C=O) groups is 1. The van der Waals surface area contributed by atoms with Crippen LogP contribution in [0.15, 0.2) is 0 Å². The molecule has 1 saturated heterocycles. The monoisotopic (exact) mass is 172 g/mol. The van der Waals surface area contributed by atoms with Gasteiger partial charge < -0.3 is 9.84 Å². The van der Waals surface area contributed by atoms with Gasteiger partial charge in [0.25, 0.3) is 0 Å². The molecule has 0 radical (unpaired) electrons. The fourth-order valence-corrected chi connectivity index (χ4v) is 1.52. The predicted octanol–water partition coefficient (Wildman–Crippen LogP) is 1.10. The van der Waals surface area contributed by atoms with Crippen molar-refractivity contribution in [2.75, 3.05) is 0 Å². The van der Waals surface area contributed by atoms with E-state index in [9.17, 15) is 9.90 Å². The molecule has 70 valence electrons. The Bertz CT molecular complexity index is 167. The highest BCUT2D eigenvalue weighted by Crippen LogP contribution is 2.25. The number of carbonyl (C=O) groups excluding carboxylic acids is 1. The average Bonchev–Trinajstić information content (AvgIpc) is 2.25. The molecule has 1 heterocycles. The first kappa shape index (κ1) is 9.52. The second kappa shape index (κ2) is 3.90. The van der Waals surface area contributed by atoms with Crippen LogP contribution in [0.5, 0.6) is 0 Å². The van der Waals surface area contributed by atoms with E-state index in [1.165, 1.54) is 0 Å². The maximum Gasteiger partial charge on any atom is 0.312 e. The van der Waals surface area contributed by atoms with E-state index < -0.39 is 6.10 Å². The van der Waals surface area contributed by atoms with Gasteiger partial charge in [-0.25, -0.2) is 0 Å². The summed E-state index contributed by atoms with van der Waals surface area (Å²) in [5, 5.41) is 9.51. The van der Waals surface area contributed by atoms with Crippen molar-refractivity contribution < 1.29 is 14.6 Å². The zero-order chi connectivity index (χ0) is 9.14. The summed E-state index contributed by atoms with van der Waals surface area (Å²) in [6.45, 7) is 3.80. The molecule has 0 aromatic heterocycles. The third kappa shape index (κ3) is 1.78. The largest absolute Gasteiger partial charge is 0.460 e. The summed E-state index contributed by atoms with van der Waals surface area (Å²) in [6.07, 6.45) is 1.86. The Balaban J connectivity index is 2.46. The third-order valence-electron chi connectivity index (χ3n) is 2.37. The SMILES string of the molecule is CCCC[C@H]1C(=O)O[C@H](C)[C@@H]1O. The highest BCUT2D eigenvalue weighted by Gasteiger charge is 2.40. The minimum atomic E-state index is -0.593. The molecule has 0 aromatic rings. The number of ether oxygens (including phenoxy) is 1. The summed E-state index contributed by atoms with van der Waals surface area (Å²) in [5.41, 5.74) is 0. The molecule has 0 unspecified atom stereocenters. The van der Waals surface area contributed by atoms with E-state index in [2.05, 4.69) is 6.92 Å². The van der Waals surface area contributed by atoms with Crippen molar-refractivity contribution >= 4 is 5.97 Å². The summed E-state index contributed by atoms with van der Waals surface area (Å²) in [5.74, 6) is -0.511. The van der Waals surface area contributed by atoms with E-state index in [1.807, 2.05) is 0 Å². The Morgan fingerprint density at radius 1 is 1.58 bits per heavy atom. The Labute approximate surface area is 72.7 Å². The van der Waals surface area contributed by atoms with Gasteiger partial charge in [0.2, 0.25) is 0 Å². The fourth-order valence-electron chi connectivity index (χ4n) is 1.52. The van der Waals surface area contributed by atoms with Gasteiger partial charge in [-0.1, -0.05) is 19.8 Å². The van der Waals surface area contributed by atoms with Gasteiger partial charge in [0.05, 0.1) is 5.92 Å². The number of unbranched alkanes of at least 4 members (excludes halogenated alkanes) is 1. The molecule has 3 nitrogen and oxygen atoms in total. The zero-order valence-corrected chi connectivity index (χ0v) is 7.62. The van der Waals surface area contributed by atoms with Crippen molar-refractivity contribution in [2.45, 2.75) is 45.3 Å². The van der Waals surface area contributed by atoms with E-state index in [1.54, 1.807) is 6.92 Å². The molecule has 3 atom stereocenters. The van der Waals surface area contributed by atoms with Gasteiger partial charge in [0, 0.05) is 0 Å². The van der Waals surface area contributed by atoms with Crippen LogP contribution in [0.1, 0.15) is 33.1 Å². The molecule has 0 saturated carbocycles. The van der Waals surface area contributed by atoms with E-state index >= 15 is 0 Å². The number of aliphatic hydroxyl groups excluding tert-OH is 1. The van der Waals surface area contributed by atoms with Gasteiger partial charge in [-0.05, 0) is 13.3 Å². The van der Waals surface area contributed by atoms with Crippen LogP contribution in [0.25, 0.3) is 0 Å². The minimum Gasteiger partial charge on any atom is -0.460 e. The van der Waals surface area contributed by atoms with Crippen molar-refractivity contribution in [3.05, 3.63) is 0 Å². The summed E-state index contributed by atoms with van der Waals surface area (Å²) in [6, 6.07) is 0. The van der Waals surface area contributed by atoms with Crippen LogP contribution in [0.3, 0.4) is 0 Å². The van der Waals surface area contributed by atoms with Crippen LogP contribution in [0.4, 0.5) is 0 Å². The molecule has 1 fully saturated rings. The first-order valence-electron chi connectivity index (χ1n) is 4.55. The first-order valence-corrected chi connectivity index (χ1v) is 4.55. The van der Waals surface area contributed by atoms with Gasteiger partial charge >= 0.3 is 5.97 Å². The molecule has 0 amide bonds. The summed E-state index contributed by atoms with van der Waals surface area (Å²) in [7, 11) is 0. The molecule has 1 aliphatic heterocycles. The lowest BCUT2D eigenvalue weighted by Crippen LogP contribution is -2.24. The maximum atomic E-state index is 11.1. The van der Waals surface area contributed by atoms with E-state index in [4.69, 9.17) is 4.74 Å². The highest BCUT2D eigenvalue weighted by molar-refractivity contribution is 5.75. The summed E-state index contributed by atoms with van der Waals surface area (Å²) in [4.78, 5) is 11.1. The van der Waals surface area contributed by atoms with Crippen LogP contribution in [0, 0.1) is 5.92 Å². The Hall–Kier alpha value is -0.570. The Morgan fingerprint density at radius 3 is 2.67 bits per heavy atom. The molecule has 1 rings (SSSR count). The standard InChI is InChI=1S/C9H16O3/c1-3-4-5-7-8(10)6(2)12-9(7)11/h6-8,10H,3-5H2,1-2H3/t6-,7-,8+/m1/s1. The molecule has 12 heavy (non-hydrogen) atoms. The Morgan fingerprint density at radius 2 is 2.25 bits per heavy atom. The van der Waals surface area contributed by atoms with Crippen molar-refractivity contribution in [3.63, 3.8) is 0 Å². The van der Waals surface area contributed by atoms with Crippen molar-refractivity contribution in [1.29, 1.82) is 0 Å². The second-order valence-corrected chi connectivity index (χ2v) is 3.38. The topological polar surface area (TPSA) is 46.5 Å². The van der Waals surface area contributed by atoms with Gasteiger partial charge in [-0.3, -0.25) is 4.79 Å². The molecule has 0 spiro atoms. The lowest BCUT2D eigenvalue weighted by Gasteiger charge is -2.10. The van der Waals surface area contributed by atoms with Crippen molar-refractivity contribution in [1.82, 2.24) is 0 Å². The zero-order valence-electron chi connectivity index (χ0n) is 7.62. The van der Waals surface area contributed by atoms with E-state index in [-0.39, 0.29) is 18.0 Å². The molecular formula is C9H16O3. The predicted molar refractivity (Wildman–Crippen MR) is 44.6 cm³/mol. The molecule has 3 heteroatoms. The molecule has 1 aliphatic rings. The smallest absolute Gasteiger partial charge is 0.312 e. The molecule has 0 aliphatic carbocycles. The summed E-state index contributed by atoms with van der Waals surface area (Å²) < 4.78 is 4.89.